The van der Waals surface area contributed by atoms with Gasteiger partial charge in [-0.2, -0.15) is 5.10 Å². The van der Waals surface area contributed by atoms with Crippen molar-refractivity contribution in [1.82, 2.24) is 20.5 Å². The molecule has 0 aromatic carbocycles. The van der Waals surface area contributed by atoms with Crippen molar-refractivity contribution in [2.45, 2.75) is 51.6 Å². The smallest absolute Gasteiger partial charge is 0.410 e. The van der Waals surface area contributed by atoms with E-state index in [0.717, 1.165) is 30.5 Å². The predicted molar refractivity (Wildman–Crippen MR) is 82.4 cm³/mol. The molecule has 124 valence electrons. The van der Waals surface area contributed by atoms with Gasteiger partial charge < -0.3 is 4.74 Å². The lowest BCUT2D eigenvalue weighted by molar-refractivity contribution is -0.118. The van der Waals surface area contributed by atoms with Crippen molar-refractivity contribution in [3.63, 3.8) is 0 Å². The van der Waals surface area contributed by atoms with Gasteiger partial charge in [0.25, 0.3) is 0 Å². The highest BCUT2D eigenvalue weighted by Gasteiger charge is 2.41. The van der Waals surface area contributed by atoms with E-state index in [0.29, 0.717) is 18.8 Å². The number of nitrogens with zero attached hydrogens (tertiary/aromatic N) is 3. The molecule has 2 amide bonds. The Morgan fingerprint density at radius 2 is 2.22 bits per heavy atom. The normalized spacial score (nSPS) is 22.1. The molecular weight excluding hydrogens is 298 g/mol. The van der Waals surface area contributed by atoms with E-state index in [1.54, 1.807) is 0 Å². The number of piperidine rings is 1. The van der Waals surface area contributed by atoms with Crippen LogP contribution in [-0.4, -0.2) is 39.7 Å². The molecule has 1 fully saturated rings. The number of hydrogen-bond donors (Lipinski definition) is 2. The third kappa shape index (κ3) is 3.06. The Kier molecular flexibility index (Phi) is 4.31. The summed E-state index contributed by atoms with van der Waals surface area (Å²) in [6.07, 6.45) is 3.34. The van der Waals surface area contributed by atoms with Crippen LogP contribution < -0.4 is 10.9 Å². The van der Waals surface area contributed by atoms with Gasteiger partial charge in [-0.3, -0.25) is 20.5 Å². The first-order valence-electron chi connectivity index (χ1n) is 7.94. The van der Waals surface area contributed by atoms with Gasteiger partial charge in [-0.05, 0) is 32.3 Å². The molecule has 2 aliphatic rings. The molecule has 1 aromatic rings. The molecule has 2 unspecified atom stereocenters. The summed E-state index contributed by atoms with van der Waals surface area (Å²) in [5.74, 6) is 0.252. The van der Waals surface area contributed by atoms with E-state index in [1.807, 2.05) is 17.9 Å². The number of carbonyl (C=O) groups is 2. The molecule has 8 heteroatoms. The maximum Gasteiger partial charge on any atom is 0.410 e. The first-order valence-corrected chi connectivity index (χ1v) is 7.94. The van der Waals surface area contributed by atoms with Gasteiger partial charge in [0.1, 0.15) is 0 Å². The molecule has 8 nitrogen and oxygen atoms in total. The minimum Gasteiger partial charge on any atom is -0.450 e. The van der Waals surface area contributed by atoms with Gasteiger partial charge in [-0.15, -0.1) is 5.10 Å². The molecule has 2 bridgehead atoms. The molecule has 23 heavy (non-hydrogen) atoms. The van der Waals surface area contributed by atoms with Gasteiger partial charge in [0.2, 0.25) is 5.91 Å². The topological polar surface area (TPSA) is 96.5 Å². The van der Waals surface area contributed by atoms with Crippen LogP contribution in [0.5, 0.6) is 0 Å². The number of hydrogen-bond acceptors (Lipinski definition) is 6. The summed E-state index contributed by atoms with van der Waals surface area (Å²) in [5.41, 5.74) is 7.12. The molecule has 0 radical (unpaired) electrons. The fourth-order valence-electron chi connectivity index (χ4n) is 3.37. The van der Waals surface area contributed by atoms with Crippen LogP contribution in [0.1, 0.15) is 50.4 Å². The highest BCUT2D eigenvalue weighted by Crippen LogP contribution is 2.41. The number of ether oxygens (including phenoxy) is 1. The Labute approximate surface area is 134 Å². The lowest BCUT2D eigenvalue weighted by atomic mass is 9.83. The summed E-state index contributed by atoms with van der Waals surface area (Å²) in [6, 6.07) is 1.95. The van der Waals surface area contributed by atoms with Crippen LogP contribution in [0.25, 0.3) is 0 Å². The molecular formula is C15H21N5O3. The van der Waals surface area contributed by atoms with Crippen LogP contribution in [-0.2, 0) is 16.0 Å². The zero-order valence-corrected chi connectivity index (χ0v) is 13.3. The van der Waals surface area contributed by atoms with Crippen LogP contribution in [0.15, 0.2) is 6.07 Å². The number of carbonyl (C=O) groups excluding carboxylic acids is 2. The van der Waals surface area contributed by atoms with Crippen molar-refractivity contribution in [3.05, 3.63) is 17.3 Å². The summed E-state index contributed by atoms with van der Waals surface area (Å²) < 4.78 is 5.22. The van der Waals surface area contributed by atoms with Crippen molar-refractivity contribution < 1.29 is 14.3 Å². The fraction of sp³-hybridized carbons (Fsp3) is 0.600. The van der Waals surface area contributed by atoms with Crippen molar-refractivity contribution in [2.75, 3.05) is 12.0 Å². The summed E-state index contributed by atoms with van der Waals surface area (Å²) in [4.78, 5) is 25.2. The highest BCUT2D eigenvalue weighted by atomic mass is 16.6. The number of aromatic nitrogens is 2. The monoisotopic (exact) mass is 319 g/mol. The molecule has 2 N–H and O–H groups in total. The third-order valence-corrected chi connectivity index (χ3v) is 4.28. The minimum absolute atomic E-state index is 0.0371. The van der Waals surface area contributed by atoms with Crippen molar-refractivity contribution in [2.24, 2.45) is 0 Å². The van der Waals surface area contributed by atoms with Gasteiger partial charge >= 0.3 is 6.09 Å². The molecule has 0 saturated carbocycles. The van der Waals surface area contributed by atoms with E-state index in [4.69, 9.17) is 4.74 Å². The van der Waals surface area contributed by atoms with E-state index >= 15 is 0 Å². The van der Waals surface area contributed by atoms with E-state index in [-0.39, 0.29) is 24.1 Å². The number of rotatable bonds is 3. The fourth-order valence-corrected chi connectivity index (χ4v) is 3.37. The second-order valence-corrected chi connectivity index (χ2v) is 5.85. The quantitative estimate of drug-likeness (QED) is 0.821. The lowest BCUT2D eigenvalue weighted by Crippen LogP contribution is -2.50. The summed E-state index contributed by atoms with van der Waals surface area (Å²) >= 11 is 0. The highest BCUT2D eigenvalue weighted by molar-refractivity contribution is 5.74. The number of hydrazine groups is 1. The lowest BCUT2D eigenvalue weighted by Gasteiger charge is -2.45. The van der Waals surface area contributed by atoms with E-state index in [2.05, 4.69) is 21.0 Å². The van der Waals surface area contributed by atoms with Crippen LogP contribution in [0.3, 0.4) is 0 Å². The second kappa shape index (κ2) is 6.39. The number of anilines is 1. The molecule has 0 aliphatic carbocycles. The Hall–Kier alpha value is -2.38. The predicted octanol–water partition coefficient (Wildman–Crippen LogP) is 1.55. The van der Waals surface area contributed by atoms with Crippen molar-refractivity contribution >= 4 is 17.8 Å². The molecule has 3 rings (SSSR count). The number of amides is 2. The van der Waals surface area contributed by atoms with Crippen LogP contribution >= 0.6 is 0 Å². The van der Waals surface area contributed by atoms with E-state index < -0.39 is 0 Å². The molecule has 1 aromatic heterocycles. The third-order valence-electron chi connectivity index (χ3n) is 4.28. The Bertz CT molecular complexity index is 621. The summed E-state index contributed by atoms with van der Waals surface area (Å²) in [6.45, 7) is 3.59. The molecule has 2 atom stereocenters. The first kappa shape index (κ1) is 15.5. The van der Waals surface area contributed by atoms with Gasteiger partial charge in [0.05, 0.1) is 18.3 Å². The van der Waals surface area contributed by atoms with Crippen molar-refractivity contribution in [1.29, 1.82) is 0 Å². The van der Waals surface area contributed by atoms with Gasteiger partial charge in [0.15, 0.2) is 5.82 Å². The van der Waals surface area contributed by atoms with Gasteiger partial charge in [-0.25, -0.2) is 4.79 Å². The average Bonchev–Trinajstić information content (AvgIpc) is 2.53. The Balaban J connectivity index is 1.88. The molecule has 3 heterocycles. The Morgan fingerprint density at radius 1 is 1.39 bits per heavy atom. The summed E-state index contributed by atoms with van der Waals surface area (Å²) in [5, 5.41) is 8.36. The second-order valence-electron chi connectivity index (χ2n) is 5.85. The molecule has 1 saturated heterocycles. The average molecular weight is 319 g/mol. The van der Waals surface area contributed by atoms with Crippen molar-refractivity contribution in [3.8, 4) is 0 Å². The van der Waals surface area contributed by atoms with Crippen LogP contribution in [0.2, 0.25) is 0 Å². The maximum absolute atomic E-state index is 12.3. The number of nitrogens with one attached hydrogen (secondary N) is 2. The van der Waals surface area contributed by atoms with E-state index in [9.17, 15) is 9.59 Å². The minimum atomic E-state index is -0.263. The molecule has 0 spiro atoms. The largest absolute Gasteiger partial charge is 0.450 e. The first-order chi connectivity index (χ1) is 11.1. The SMILES string of the molecule is CCOC(=O)N1C2CCCC1c1cc(NNC(C)=O)nnc1C2. The van der Waals surface area contributed by atoms with Gasteiger partial charge in [0, 0.05) is 24.9 Å². The zero-order valence-electron chi connectivity index (χ0n) is 13.3. The van der Waals surface area contributed by atoms with Crippen LogP contribution in [0, 0.1) is 0 Å². The maximum atomic E-state index is 12.3. The van der Waals surface area contributed by atoms with Crippen LogP contribution in [0.4, 0.5) is 10.6 Å². The molecule has 2 aliphatic heterocycles. The zero-order chi connectivity index (χ0) is 16.4. The van der Waals surface area contributed by atoms with E-state index in [1.165, 1.54) is 6.92 Å². The standard InChI is InChI=1S/C15H21N5O3/c1-3-23-15(22)20-10-5-4-6-13(20)11-8-14(18-16-9(2)21)19-17-12(11)7-10/h8,10,13H,3-7H2,1-2H3,(H,16,21)(H,18,19). The van der Waals surface area contributed by atoms with Gasteiger partial charge in [-0.1, -0.05) is 0 Å². The Morgan fingerprint density at radius 3 is 2.96 bits per heavy atom. The number of fused-ring (bicyclic) bond motifs is 4. The summed E-state index contributed by atoms with van der Waals surface area (Å²) in [7, 11) is 0.